The molecule has 0 aromatic heterocycles. The van der Waals surface area contributed by atoms with E-state index in [1.807, 2.05) is 39.2 Å². The van der Waals surface area contributed by atoms with E-state index in [1.165, 1.54) is 0 Å². The first-order valence-electron chi connectivity index (χ1n) is 7.03. The number of rotatable bonds is 4. The Bertz CT molecular complexity index is 565. The van der Waals surface area contributed by atoms with Crippen LogP contribution in [-0.2, 0) is 0 Å². The fourth-order valence-corrected chi connectivity index (χ4v) is 1.65. The number of aryl methyl sites for hydroxylation is 1. The second kappa shape index (κ2) is 7.26. The van der Waals surface area contributed by atoms with Crippen molar-refractivity contribution in [2.24, 2.45) is 5.73 Å². The molecule has 0 saturated carbocycles. The van der Waals surface area contributed by atoms with Crippen molar-refractivity contribution in [1.82, 2.24) is 10.2 Å². The van der Waals surface area contributed by atoms with Gasteiger partial charge in [0.25, 0.3) is 5.91 Å². The molecule has 0 unspecified atom stereocenters. The Labute approximate surface area is 127 Å². The van der Waals surface area contributed by atoms with Gasteiger partial charge in [-0.2, -0.15) is 0 Å². The quantitative estimate of drug-likeness (QED) is 0.823. The standard InChI is InChI=1S/C17H25N3O/c1-13-8-9-14(7-6-10-18)11-15(13)16(21)19-12-17(2,3)20(4)5/h8-9,11H,10,12,18H2,1-5H3,(H,19,21). The maximum absolute atomic E-state index is 12.4. The van der Waals surface area contributed by atoms with Gasteiger partial charge in [-0.1, -0.05) is 17.9 Å². The van der Waals surface area contributed by atoms with Crippen molar-refractivity contribution in [3.8, 4) is 11.8 Å². The van der Waals surface area contributed by atoms with Gasteiger partial charge in [0.1, 0.15) is 0 Å². The molecule has 0 fully saturated rings. The number of carbonyl (C=O) groups is 1. The summed E-state index contributed by atoms with van der Waals surface area (Å²) in [5.74, 6) is 5.68. The Morgan fingerprint density at radius 3 is 2.62 bits per heavy atom. The Morgan fingerprint density at radius 1 is 1.38 bits per heavy atom. The second-order valence-electron chi connectivity index (χ2n) is 5.93. The molecule has 0 radical (unpaired) electrons. The van der Waals surface area contributed by atoms with E-state index in [0.717, 1.165) is 11.1 Å². The highest BCUT2D eigenvalue weighted by Crippen LogP contribution is 2.12. The molecule has 0 bridgehead atoms. The molecule has 0 aliphatic rings. The molecule has 4 heteroatoms. The van der Waals surface area contributed by atoms with Gasteiger partial charge in [-0.05, 0) is 52.6 Å². The smallest absolute Gasteiger partial charge is 0.251 e. The first kappa shape index (κ1) is 17.2. The number of nitrogens with two attached hydrogens (primary N) is 1. The zero-order chi connectivity index (χ0) is 16.0. The van der Waals surface area contributed by atoms with Crippen molar-refractivity contribution in [1.29, 1.82) is 0 Å². The summed E-state index contributed by atoms with van der Waals surface area (Å²) in [4.78, 5) is 14.4. The summed E-state index contributed by atoms with van der Waals surface area (Å²) in [7, 11) is 4.00. The van der Waals surface area contributed by atoms with Gasteiger partial charge in [-0.15, -0.1) is 0 Å². The SMILES string of the molecule is Cc1ccc(C#CCN)cc1C(=O)NCC(C)(C)N(C)C. The summed E-state index contributed by atoms with van der Waals surface area (Å²) < 4.78 is 0. The van der Waals surface area contributed by atoms with Gasteiger partial charge in [0.2, 0.25) is 0 Å². The van der Waals surface area contributed by atoms with Crippen molar-refractivity contribution in [3.63, 3.8) is 0 Å². The van der Waals surface area contributed by atoms with E-state index in [9.17, 15) is 4.79 Å². The van der Waals surface area contributed by atoms with Crippen LogP contribution in [0.2, 0.25) is 0 Å². The largest absolute Gasteiger partial charge is 0.350 e. The van der Waals surface area contributed by atoms with Gasteiger partial charge in [0, 0.05) is 23.2 Å². The minimum Gasteiger partial charge on any atom is -0.350 e. The van der Waals surface area contributed by atoms with Crippen molar-refractivity contribution in [2.75, 3.05) is 27.2 Å². The van der Waals surface area contributed by atoms with Crippen LogP contribution in [0.4, 0.5) is 0 Å². The zero-order valence-electron chi connectivity index (χ0n) is 13.6. The molecule has 21 heavy (non-hydrogen) atoms. The third-order valence-electron chi connectivity index (χ3n) is 3.71. The average Bonchev–Trinajstić information content (AvgIpc) is 2.43. The molecule has 0 aliphatic carbocycles. The van der Waals surface area contributed by atoms with Crippen LogP contribution in [0.5, 0.6) is 0 Å². The van der Waals surface area contributed by atoms with Crippen molar-refractivity contribution in [2.45, 2.75) is 26.3 Å². The van der Waals surface area contributed by atoms with Crippen LogP contribution in [0.15, 0.2) is 18.2 Å². The minimum atomic E-state index is -0.0967. The first-order valence-corrected chi connectivity index (χ1v) is 7.03. The maximum Gasteiger partial charge on any atom is 0.251 e. The molecule has 0 saturated heterocycles. The monoisotopic (exact) mass is 287 g/mol. The lowest BCUT2D eigenvalue weighted by molar-refractivity contribution is 0.0919. The summed E-state index contributed by atoms with van der Waals surface area (Å²) in [6.45, 7) is 6.99. The molecular weight excluding hydrogens is 262 g/mol. The molecule has 1 aromatic rings. The Kier molecular flexibility index (Phi) is 5.95. The lowest BCUT2D eigenvalue weighted by Gasteiger charge is -2.32. The molecule has 3 N–H and O–H groups in total. The van der Waals surface area contributed by atoms with E-state index in [2.05, 4.69) is 35.9 Å². The fourth-order valence-electron chi connectivity index (χ4n) is 1.65. The Balaban J connectivity index is 2.87. The van der Waals surface area contributed by atoms with Crippen LogP contribution in [0.1, 0.15) is 35.3 Å². The highest BCUT2D eigenvalue weighted by Gasteiger charge is 2.21. The molecule has 1 rings (SSSR count). The highest BCUT2D eigenvalue weighted by molar-refractivity contribution is 5.96. The molecular formula is C17H25N3O. The van der Waals surface area contributed by atoms with Crippen molar-refractivity contribution >= 4 is 5.91 Å². The number of nitrogens with one attached hydrogen (secondary N) is 1. The van der Waals surface area contributed by atoms with Crippen LogP contribution in [0, 0.1) is 18.8 Å². The average molecular weight is 287 g/mol. The number of benzene rings is 1. The highest BCUT2D eigenvalue weighted by atomic mass is 16.1. The van der Waals surface area contributed by atoms with Crippen LogP contribution in [0.25, 0.3) is 0 Å². The summed E-state index contributed by atoms with van der Waals surface area (Å²) in [5, 5.41) is 2.99. The third kappa shape index (κ3) is 4.89. The number of carbonyl (C=O) groups excluding carboxylic acids is 1. The van der Waals surface area contributed by atoms with E-state index in [-0.39, 0.29) is 11.4 Å². The molecule has 1 amide bonds. The van der Waals surface area contributed by atoms with Gasteiger partial charge < -0.3 is 16.0 Å². The first-order chi connectivity index (χ1) is 9.77. The fraction of sp³-hybridized carbons (Fsp3) is 0.471. The number of amides is 1. The third-order valence-corrected chi connectivity index (χ3v) is 3.71. The van der Waals surface area contributed by atoms with E-state index >= 15 is 0 Å². The molecule has 4 nitrogen and oxygen atoms in total. The molecule has 0 spiro atoms. The summed E-state index contributed by atoms with van der Waals surface area (Å²) >= 11 is 0. The van der Waals surface area contributed by atoms with Gasteiger partial charge in [-0.25, -0.2) is 0 Å². The lowest BCUT2D eigenvalue weighted by Crippen LogP contribution is -2.48. The summed E-state index contributed by atoms with van der Waals surface area (Å²) in [5.41, 5.74) is 7.68. The van der Waals surface area contributed by atoms with Crippen molar-refractivity contribution < 1.29 is 4.79 Å². The number of hydrogen-bond acceptors (Lipinski definition) is 3. The second-order valence-corrected chi connectivity index (χ2v) is 5.93. The van der Waals surface area contributed by atoms with E-state index in [4.69, 9.17) is 5.73 Å². The van der Waals surface area contributed by atoms with Gasteiger partial charge in [0.05, 0.1) is 6.54 Å². The maximum atomic E-state index is 12.4. The predicted molar refractivity (Wildman–Crippen MR) is 87.2 cm³/mol. The molecule has 0 heterocycles. The normalized spacial score (nSPS) is 11.0. The number of nitrogens with zero attached hydrogens (tertiary/aromatic N) is 1. The van der Waals surface area contributed by atoms with E-state index < -0.39 is 0 Å². The number of hydrogen-bond donors (Lipinski definition) is 2. The zero-order valence-corrected chi connectivity index (χ0v) is 13.6. The van der Waals surface area contributed by atoms with Crippen LogP contribution in [0.3, 0.4) is 0 Å². The molecule has 1 aromatic carbocycles. The lowest BCUT2D eigenvalue weighted by atomic mass is 10.0. The molecule has 0 aliphatic heterocycles. The van der Waals surface area contributed by atoms with E-state index in [1.54, 1.807) is 0 Å². The van der Waals surface area contributed by atoms with Crippen molar-refractivity contribution in [3.05, 3.63) is 34.9 Å². The number of likely N-dealkylation sites (N-methyl/N-ethyl adjacent to an activating group) is 1. The molecule has 114 valence electrons. The van der Waals surface area contributed by atoms with Crippen LogP contribution >= 0.6 is 0 Å². The Morgan fingerprint density at radius 2 is 2.05 bits per heavy atom. The predicted octanol–water partition coefficient (Wildman–Crippen LogP) is 1.38. The topological polar surface area (TPSA) is 58.4 Å². The van der Waals surface area contributed by atoms with Gasteiger partial charge in [0.15, 0.2) is 0 Å². The minimum absolute atomic E-state index is 0.0705. The van der Waals surface area contributed by atoms with Crippen LogP contribution < -0.4 is 11.1 Å². The van der Waals surface area contributed by atoms with E-state index in [0.29, 0.717) is 18.7 Å². The van der Waals surface area contributed by atoms with Crippen LogP contribution in [-0.4, -0.2) is 43.5 Å². The summed E-state index contributed by atoms with van der Waals surface area (Å²) in [6.07, 6.45) is 0. The van der Waals surface area contributed by atoms with Gasteiger partial charge in [-0.3, -0.25) is 4.79 Å². The Hall–Kier alpha value is -1.83. The molecule has 0 atom stereocenters. The van der Waals surface area contributed by atoms with Gasteiger partial charge >= 0.3 is 0 Å². The summed E-state index contributed by atoms with van der Waals surface area (Å²) in [6, 6.07) is 5.63.